The van der Waals surface area contributed by atoms with Crippen molar-refractivity contribution in [1.82, 2.24) is 9.97 Å². The molecular weight excluding hydrogens is 352 g/mol. The number of aryl methyl sites for hydroxylation is 1. The SMILES string of the molecule is CC#CC(=O)C(C)OC(=O)c1ccc(-c2ncc(CCCCCC)cn2)cc1. The molecule has 1 unspecified atom stereocenters. The van der Waals surface area contributed by atoms with Crippen LogP contribution in [0.25, 0.3) is 11.4 Å². The molecule has 0 N–H and O–H groups in total. The number of carbonyl (C=O) groups excluding carboxylic acids is 2. The first-order valence-electron chi connectivity index (χ1n) is 9.64. The monoisotopic (exact) mass is 378 g/mol. The van der Waals surface area contributed by atoms with E-state index < -0.39 is 17.9 Å². The average molecular weight is 378 g/mol. The van der Waals surface area contributed by atoms with Gasteiger partial charge in [-0.3, -0.25) is 4.79 Å². The fraction of sp³-hybridized carbons (Fsp3) is 0.391. The fourth-order valence-electron chi connectivity index (χ4n) is 2.65. The molecule has 2 aromatic rings. The summed E-state index contributed by atoms with van der Waals surface area (Å²) in [5.74, 6) is 4.50. The minimum absolute atomic E-state index is 0.361. The van der Waals surface area contributed by atoms with E-state index >= 15 is 0 Å². The number of aromatic nitrogens is 2. The van der Waals surface area contributed by atoms with Gasteiger partial charge in [0.05, 0.1) is 5.56 Å². The average Bonchev–Trinajstić information content (AvgIpc) is 2.72. The number of hydrogen-bond acceptors (Lipinski definition) is 5. The topological polar surface area (TPSA) is 69.2 Å². The standard InChI is InChI=1S/C23H26N2O3/c1-4-6-7-8-10-18-15-24-22(25-16-18)19-11-13-20(14-12-19)23(27)28-17(3)21(26)9-5-2/h11-17H,4,6-8,10H2,1-3H3. The van der Waals surface area contributed by atoms with E-state index in [1.165, 1.54) is 26.2 Å². The maximum Gasteiger partial charge on any atom is 0.338 e. The van der Waals surface area contributed by atoms with E-state index in [0.29, 0.717) is 11.4 Å². The summed E-state index contributed by atoms with van der Waals surface area (Å²) in [4.78, 5) is 32.6. The van der Waals surface area contributed by atoms with E-state index in [2.05, 4.69) is 28.7 Å². The molecule has 0 aliphatic carbocycles. The van der Waals surface area contributed by atoms with Crippen LogP contribution in [0.3, 0.4) is 0 Å². The Balaban J connectivity index is 1.96. The van der Waals surface area contributed by atoms with Crippen LogP contribution < -0.4 is 0 Å². The molecule has 146 valence electrons. The highest BCUT2D eigenvalue weighted by atomic mass is 16.5. The highest BCUT2D eigenvalue weighted by Crippen LogP contribution is 2.17. The number of Topliss-reactive ketones (excluding diaryl/α,β-unsaturated/α-hetero) is 1. The van der Waals surface area contributed by atoms with Crippen molar-refractivity contribution in [2.24, 2.45) is 0 Å². The summed E-state index contributed by atoms with van der Waals surface area (Å²) in [6, 6.07) is 6.82. The van der Waals surface area contributed by atoms with E-state index in [9.17, 15) is 9.59 Å². The van der Waals surface area contributed by atoms with Crippen LogP contribution in [0.4, 0.5) is 0 Å². The predicted molar refractivity (Wildman–Crippen MR) is 109 cm³/mol. The second-order valence-electron chi connectivity index (χ2n) is 6.59. The Hall–Kier alpha value is -3.00. The number of esters is 1. The van der Waals surface area contributed by atoms with E-state index in [1.807, 2.05) is 12.4 Å². The molecule has 0 saturated carbocycles. The summed E-state index contributed by atoms with van der Waals surface area (Å²) in [7, 11) is 0. The highest BCUT2D eigenvalue weighted by molar-refractivity contribution is 6.01. The molecule has 5 nitrogen and oxygen atoms in total. The third-order valence-corrected chi connectivity index (χ3v) is 4.30. The van der Waals surface area contributed by atoms with Gasteiger partial charge in [-0.25, -0.2) is 14.8 Å². The molecule has 1 heterocycles. The lowest BCUT2D eigenvalue weighted by Crippen LogP contribution is -2.23. The Labute approximate surface area is 166 Å². The zero-order valence-electron chi connectivity index (χ0n) is 16.7. The molecule has 1 aromatic carbocycles. The zero-order chi connectivity index (χ0) is 20.4. The number of hydrogen-bond donors (Lipinski definition) is 0. The van der Waals surface area contributed by atoms with Crippen molar-refractivity contribution in [1.29, 1.82) is 0 Å². The smallest absolute Gasteiger partial charge is 0.338 e. The van der Waals surface area contributed by atoms with Gasteiger partial charge in [0, 0.05) is 18.0 Å². The molecular formula is C23H26N2O3. The third kappa shape index (κ3) is 6.31. The van der Waals surface area contributed by atoms with E-state index in [4.69, 9.17) is 4.74 Å². The number of carbonyl (C=O) groups is 2. The quantitative estimate of drug-likeness (QED) is 0.280. The Bertz CT molecular complexity index is 846. The van der Waals surface area contributed by atoms with Crippen LogP contribution in [0.5, 0.6) is 0 Å². The van der Waals surface area contributed by atoms with Crippen LogP contribution in [0.1, 0.15) is 62.4 Å². The molecule has 0 aliphatic heterocycles. The van der Waals surface area contributed by atoms with Crippen LogP contribution in [-0.2, 0) is 16.0 Å². The van der Waals surface area contributed by atoms with Gasteiger partial charge in [0.2, 0.25) is 5.78 Å². The van der Waals surface area contributed by atoms with Crippen molar-refractivity contribution in [3.05, 3.63) is 47.8 Å². The van der Waals surface area contributed by atoms with Gasteiger partial charge in [0.1, 0.15) is 0 Å². The molecule has 0 saturated heterocycles. The van der Waals surface area contributed by atoms with Crippen molar-refractivity contribution in [2.75, 3.05) is 0 Å². The molecule has 5 heteroatoms. The second-order valence-corrected chi connectivity index (χ2v) is 6.59. The number of unbranched alkanes of at least 4 members (excludes halogenated alkanes) is 3. The van der Waals surface area contributed by atoms with Gasteiger partial charge in [-0.05, 0) is 50.3 Å². The zero-order valence-corrected chi connectivity index (χ0v) is 16.7. The van der Waals surface area contributed by atoms with E-state index in [-0.39, 0.29) is 0 Å². The molecule has 2 rings (SSSR count). The third-order valence-electron chi connectivity index (χ3n) is 4.30. The first-order chi connectivity index (χ1) is 13.5. The van der Waals surface area contributed by atoms with Crippen molar-refractivity contribution in [2.45, 2.75) is 59.0 Å². The molecule has 1 aromatic heterocycles. The highest BCUT2D eigenvalue weighted by Gasteiger charge is 2.17. The fourth-order valence-corrected chi connectivity index (χ4v) is 2.65. The molecule has 0 bridgehead atoms. The molecule has 0 aliphatic rings. The number of rotatable bonds is 9. The maximum atomic E-state index is 12.1. The molecule has 0 spiro atoms. The lowest BCUT2D eigenvalue weighted by molar-refractivity contribution is -0.121. The maximum absolute atomic E-state index is 12.1. The van der Waals surface area contributed by atoms with Crippen molar-refractivity contribution in [3.8, 4) is 23.2 Å². The van der Waals surface area contributed by atoms with Gasteiger partial charge < -0.3 is 4.74 Å². The first-order valence-corrected chi connectivity index (χ1v) is 9.64. The number of ketones is 1. The Morgan fingerprint density at radius 2 is 1.75 bits per heavy atom. The van der Waals surface area contributed by atoms with Gasteiger partial charge in [0.15, 0.2) is 11.9 Å². The van der Waals surface area contributed by atoms with Gasteiger partial charge in [-0.15, -0.1) is 0 Å². The summed E-state index contributed by atoms with van der Waals surface area (Å²) in [5.41, 5.74) is 2.31. The Kier molecular flexibility index (Phi) is 8.36. The van der Waals surface area contributed by atoms with E-state index in [0.717, 1.165) is 24.0 Å². The second kappa shape index (κ2) is 11.0. The largest absolute Gasteiger partial charge is 0.450 e. The van der Waals surface area contributed by atoms with Gasteiger partial charge in [-0.2, -0.15) is 0 Å². The van der Waals surface area contributed by atoms with Crippen LogP contribution in [0.15, 0.2) is 36.7 Å². The number of nitrogens with zero attached hydrogens (tertiary/aromatic N) is 2. The summed E-state index contributed by atoms with van der Waals surface area (Å²) >= 11 is 0. The minimum Gasteiger partial charge on any atom is -0.450 e. The van der Waals surface area contributed by atoms with Crippen molar-refractivity contribution in [3.63, 3.8) is 0 Å². The number of ether oxygens (including phenoxy) is 1. The van der Waals surface area contributed by atoms with E-state index in [1.54, 1.807) is 31.2 Å². The first kappa shape index (κ1) is 21.3. The Morgan fingerprint density at radius 1 is 1.07 bits per heavy atom. The van der Waals surface area contributed by atoms with Crippen LogP contribution in [0.2, 0.25) is 0 Å². The summed E-state index contributed by atoms with van der Waals surface area (Å²) in [6.45, 7) is 5.27. The molecule has 1 atom stereocenters. The molecule has 28 heavy (non-hydrogen) atoms. The summed E-state index contributed by atoms with van der Waals surface area (Å²) in [6.07, 6.45) is 8.67. The summed E-state index contributed by atoms with van der Waals surface area (Å²) < 4.78 is 5.14. The van der Waals surface area contributed by atoms with Crippen molar-refractivity contribution >= 4 is 11.8 Å². The normalized spacial score (nSPS) is 11.2. The molecule has 0 radical (unpaired) electrons. The van der Waals surface area contributed by atoms with Gasteiger partial charge >= 0.3 is 5.97 Å². The molecule has 0 amide bonds. The lowest BCUT2D eigenvalue weighted by Gasteiger charge is -2.09. The van der Waals surface area contributed by atoms with Crippen LogP contribution in [-0.4, -0.2) is 27.8 Å². The van der Waals surface area contributed by atoms with Crippen LogP contribution in [0, 0.1) is 11.8 Å². The predicted octanol–water partition coefficient (Wildman–Crippen LogP) is 4.40. The molecule has 0 fully saturated rings. The van der Waals surface area contributed by atoms with Crippen LogP contribution >= 0.6 is 0 Å². The minimum atomic E-state index is -0.896. The van der Waals surface area contributed by atoms with Gasteiger partial charge in [-0.1, -0.05) is 44.2 Å². The number of benzene rings is 1. The van der Waals surface area contributed by atoms with Crippen molar-refractivity contribution < 1.29 is 14.3 Å². The lowest BCUT2D eigenvalue weighted by atomic mass is 10.1. The summed E-state index contributed by atoms with van der Waals surface area (Å²) in [5, 5.41) is 0. The Morgan fingerprint density at radius 3 is 2.36 bits per heavy atom. The van der Waals surface area contributed by atoms with Gasteiger partial charge in [0.25, 0.3) is 0 Å².